The molecule has 0 saturated carbocycles. The van der Waals surface area contributed by atoms with Gasteiger partial charge in [-0.1, -0.05) is 0 Å². The fraction of sp³-hybridized carbons (Fsp3) is 0.400. The van der Waals surface area contributed by atoms with Gasteiger partial charge in [-0.3, -0.25) is 4.28 Å². The van der Waals surface area contributed by atoms with Crippen molar-refractivity contribution in [2.45, 2.75) is 11.7 Å². The molecule has 1 rings (SSSR count). The van der Waals surface area contributed by atoms with Crippen molar-refractivity contribution >= 4 is 10.1 Å². The molecule has 0 aliphatic carbocycles. The normalized spacial score (nSPS) is 14.9. The Balaban J connectivity index is 2.85. The van der Waals surface area contributed by atoms with E-state index in [1.807, 2.05) is 0 Å². The maximum atomic E-state index is 12.4. The lowest BCUT2D eigenvalue weighted by molar-refractivity contribution is -0.158. The van der Waals surface area contributed by atoms with Gasteiger partial charge >= 0.3 is 21.8 Å². The molecule has 1 unspecified atom stereocenters. The molecule has 0 spiro atoms. The summed E-state index contributed by atoms with van der Waals surface area (Å²) in [5.41, 5.74) is -4.09. The number of nitrogens with zero attached hydrogens (tertiary/aromatic N) is 2. The van der Waals surface area contributed by atoms with E-state index in [9.17, 15) is 26.0 Å². The summed E-state index contributed by atoms with van der Waals surface area (Å²) in [5.74, 6) is 0. The van der Waals surface area contributed by atoms with E-state index in [1.165, 1.54) is 0 Å². The van der Waals surface area contributed by atoms with Crippen LogP contribution in [0.5, 0.6) is 0 Å². The molecular weight excluding hydrogens is 244 g/mol. The first-order chi connectivity index (χ1) is 6.73. The summed E-state index contributed by atoms with van der Waals surface area (Å²) in [7, 11) is -5.41. The standard InChI is InChI=1S/C5H4F4N2O3S/c6-4(5(7,8)9)15(12,13)14-11-2-1-10-3-11/h1-4H. The third-order valence-corrected chi connectivity index (χ3v) is 2.33. The Kier molecular flexibility index (Phi) is 2.88. The third kappa shape index (κ3) is 2.81. The fourth-order valence-corrected chi connectivity index (χ4v) is 1.34. The molecule has 1 aromatic heterocycles. The Morgan fingerprint density at radius 1 is 1.40 bits per heavy atom. The van der Waals surface area contributed by atoms with Crippen LogP contribution in [0.4, 0.5) is 17.6 Å². The average Bonchev–Trinajstić information content (AvgIpc) is 2.53. The quantitative estimate of drug-likeness (QED) is 0.731. The van der Waals surface area contributed by atoms with Gasteiger partial charge in [-0.15, -0.1) is 0 Å². The number of aromatic nitrogens is 2. The van der Waals surface area contributed by atoms with E-state index >= 15 is 0 Å². The molecule has 10 heteroatoms. The Hall–Kier alpha value is -1.32. The van der Waals surface area contributed by atoms with E-state index in [4.69, 9.17) is 0 Å². The van der Waals surface area contributed by atoms with Crippen LogP contribution in [-0.4, -0.2) is 29.8 Å². The monoisotopic (exact) mass is 248 g/mol. The van der Waals surface area contributed by atoms with Crippen LogP contribution < -0.4 is 4.28 Å². The molecule has 0 radical (unpaired) electrons. The first-order valence-electron chi connectivity index (χ1n) is 3.36. The zero-order valence-electron chi connectivity index (χ0n) is 6.85. The molecule has 86 valence electrons. The topological polar surface area (TPSA) is 61.2 Å². The molecule has 0 saturated heterocycles. The third-order valence-electron chi connectivity index (χ3n) is 1.18. The molecule has 1 heterocycles. The zero-order chi connectivity index (χ0) is 11.7. The van der Waals surface area contributed by atoms with Gasteiger partial charge in [-0.05, 0) is 0 Å². The Morgan fingerprint density at radius 2 is 2.00 bits per heavy atom. The molecule has 0 fully saturated rings. The summed E-state index contributed by atoms with van der Waals surface area (Å²) in [4.78, 5) is 3.30. The van der Waals surface area contributed by atoms with Crippen LogP contribution in [0.15, 0.2) is 18.7 Å². The zero-order valence-corrected chi connectivity index (χ0v) is 7.67. The highest BCUT2D eigenvalue weighted by molar-refractivity contribution is 7.87. The molecule has 0 aliphatic heterocycles. The van der Waals surface area contributed by atoms with Crippen molar-refractivity contribution in [3.63, 3.8) is 0 Å². The Morgan fingerprint density at radius 3 is 2.40 bits per heavy atom. The molecule has 15 heavy (non-hydrogen) atoms. The molecule has 0 aliphatic rings. The lowest BCUT2D eigenvalue weighted by Gasteiger charge is -2.12. The van der Waals surface area contributed by atoms with Crippen molar-refractivity contribution in [1.82, 2.24) is 9.71 Å². The predicted molar refractivity (Wildman–Crippen MR) is 38.7 cm³/mol. The maximum Gasteiger partial charge on any atom is 0.437 e. The summed E-state index contributed by atoms with van der Waals surface area (Å²) >= 11 is 0. The summed E-state index contributed by atoms with van der Waals surface area (Å²) in [6, 6.07) is 0. The van der Waals surface area contributed by atoms with Crippen LogP contribution in [0.2, 0.25) is 0 Å². The smallest absolute Gasteiger partial charge is 0.284 e. The van der Waals surface area contributed by atoms with Gasteiger partial charge in [-0.2, -0.15) is 26.3 Å². The average molecular weight is 248 g/mol. The van der Waals surface area contributed by atoms with Gasteiger partial charge in [0.15, 0.2) is 0 Å². The SMILES string of the molecule is O=S(=O)(On1ccnc1)C(F)C(F)(F)F. The highest BCUT2D eigenvalue weighted by Crippen LogP contribution is 2.26. The second-order valence-electron chi connectivity index (χ2n) is 2.35. The molecule has 1 aromatic rings. The van der Waals surface area contributed by atoms with E-state index in [0.29, 0.717) is 4.73 Å². The predicted octanol–water partition coefficient (Wildman–Crippen LogP) is 0.499. The van der Waals surface area contributed by atoms with Crippen LogP contribution >= 0.6 is 0 Å². The van der Waals surface area contributed by atoms with Crippen LogP contribution in [0.25, 0.3) is 0 Å². The Bertz CT molecular complexity index is 412. The van der Waals surface area contributed by atoms with Gasteiger partial charge in [0.1, 0.15) is 6.33 Å². The highest BCUT2D eigenvalue weighted by Gasteiger charge is 2.51. The number of alkyl halides is 4. The Labute approximate surface area is 81.4 Å². The molecular formula is C5H4F4N2O3S. The fourth-order valence-electron chi connectivity index (χ4n) is 0.612. The second-order valence-corrected chi connectivity index (χ2v) is 3.90. The van der Waals surface area contributed by atoms with Crippen LogP contribution in [-0.2, 0) is 10.1 Å². The van der Waals surface area contributed by atoms with E-state index in [2.05, 4.69) is 9.27 Å². The van der Waals surface area contributed by atoms with Crippen LogP contribution in [0.3, 0.4) is 0 Å². The van der Waals surface area contributed by atoms with E-state index < -0.39 is 21.8 Å². The van der Waals surface area contributed by atoms with Crippen LogP contribution in [0, 0.1) is 0 Å². The number of imidazole rings is 1. The first kappa shape index (κ1) is 11.8. The summed E-state index contributed by atoms with van der Waals surface area (Å²) in [5, 5.41) is 0. The van der Waals surface area contributed by atoms with Crippen molar-refractivity contribution in [2.24, 2.45) is 0 Å². The van der Waals surface area contributed by atoms with Gasteiger partial charge in [0.25, 0.3) is 0 Å². The molecule has 0 aromatic carbocycles. The minimum atomic E-state index is -5.53. The lowest BCUT2D eigenvalue weighted by atomic mass is 10.7. The molecule has 0 N–H and O–H groups in total. The summed E-state index contributed by atoms with van der Waals surface area (Å²) in [6.07, 6.45) is -2.81. The largest absolute Gasteiger partial charge is 0.437 e. The van der Waals surface area contributed by atoms with Gasteiger partial charge in [0, 0.05) is 6.20 Å². The van der Waals surface area contributed by atoms with Gasteiger partial charge in [0.2, 0.25) is 0 Å². The molecule has 0 bridgehead atoms. The highest BCUT2D eigenvalue weighted by atomic mass is 32.2. The van der Waals surface area contributed by atoms with Crippen molar-refractivity contribution in [2.75, 3.05) is 0 Å². The van der Waals surface area contributed by atoms with Crippen molar-refractivity contribution in [1.29, 1.82) is 0 Å². The molecule has 0 amide bonds. The summed E-state index contributed by atoms with van der Waals surface area (Å²) in [6.45, 7) is 0. The van der Waals surface area contributed by atoms with Crippen molar-refractivity contribution < 1.29 is 30.3 Å². The van der Waals surface area contributed by atoms with Gasteiger partial charge < -0.3 is 0 Å². The minimum Gasteiger partial charge on any atom is -0.284 e. The first-order valence-corrected chi connectivity index (χ1v) is 4.83. The van der Waals surface area contributed by atoms with Gasteiger partial charge in [-0.25, -0.2) is 9.37 Å². The van der Waals surface area contributed by atoms with E-state index in [-0.39, 0.29) is 0 Å². The summed E-state index contributed by atoms with van der Waals surface area (Å²) < 4.78 is 73.0. The molecule has 1 atom stereocenters. The number of rotatable bonds is 3. The van der Waals surface area contributed by atoms with E-state index in [1.54, 1.807) is 0 Å². The lowest BCUT2D eigenvalue weighted by Crippen LogP contribution is -2.38. The second kappa shape index (κ2) is 3.68. The van der Waals surface area contributed by atoms with Crippen molar-refractivity contribution in [3.05, 3.63) is 18.7 Å². The van der Waals surface area contributed by atoms with Crippen molar-refractivity contribution in [3.8, 4) is 0 Å². The minimum absolute atomic E-state index is 0.341. The number of hydrogen-bond donors (Lipinski definition) is 0. The van der Waals surface area contributed by atoms with Gasteiger partial charge in [0.05, 0.1) is 6.20 Å². The number of halogens is 4. The molecule has 5 nitrogen and oxygen atoms in total. The van der Waals surface area contributed by atoms with E-state index in [0.717, 1.165) is 18.7 Å². The number of hydrogen-bond acceptors (Lipinski definition) is 4. The van der Waals surface area contributed by atoms with Crippen LogP contribution in [0.1, 0.15) is 0 Å². The maximum absolute atomic E-state index is 12.4.